The van der Waals surface area contributed by atoms with E-state index in [1.807, 2.05) is 31.2 Å². The first-order valence-corrected chi connectivity index (χ1v) is 10.2. The predicted molar refractivity (Wildman–Crippen MR) is 121 cm³/mol. The van der Waals surface area contributed by atoms with Gasteiger partial charge in [-0.25, -0.2) is 4.39 Å². The third kappa shape index (κ3) is 5.19. The monoisotopic (exact) mass is 411 g/mol. The van der Waals surface area contributed by atoms with Gasteiger partial charge in [0.15, 0.2) is 0 Å². The number of carbonyl (C=O) groups excluding carboxylic acids is 1. The number of methoxy groups -OCH3 is 1. The number of hydrogen-bond donors (Lipinski definition) is 1. The van der Waals surface area contributed by atoms with Crippen molar-refractivity contribution in [3.05, 3.63) is 59.9 Å². The van der Waals surface area contributed by atoms with E-state index in [-0.39, 0.29) is 11.7 Å². The van der Waals surface area contributed by atoms with E-state index in [1.165, 1.54) is 12.1 Å². The Hall–Kier alpha value is -2.86. The largest absolute Gasteiger partial charge is 0.496 e. The second-order valence-corrected chi connectivity index (χ2v) is 7.86. The van der Waals surface area contributed by atoms with Crippen molar-refractivity contribution in [3.8, 4) is 5.75 Å². The maximum absolute atomic E-state index is 14.7. The van der Waals surface area contributed by atoms with Crippen LogP contribution in [0.1, 0.15) is 25.3 Å². The summed E-state index contributed by atoms with van der Waals surface area (Å²) in [6.45, 7) is 3.50. The van der Waals surface area contributed by atoms with Gasteiger partial charge in [-0.05, 0) is 63.7 Å². The van der Waals surface area contributed by atoms with Crippen molar-refractivity contribution >= 4 is 22.9 Å². The fourth-order valence-corrected chi connectivity index (χ4v) is 3.89. The molecule has 0 radical (unpaired) electrons. The summed E-state index contributed by atoms with van der Waals surface area (Å²) in [7, 11) is 5.77. The lowest BCUT2D eigenvalue weighted by molar-refractivity contribution is -0.111. The number of hydrogen-bond acceptors (Lipinski definition) is 4. The van der Waals surface area contributed by atoms with Crippen LogP contribution < -0.4 is 15.0 Å². The Balaban J connectivity index is 1.66. The van der Waals surface area contributed by atoms with Gasteiger partial charge in [0.1, 0.15) is 11.6 Å². The molecule has 0 saturated carbocycles. The van der Waals surface area contributed by atoms with Crippen LogP contribution in [0.2, 0.25) is 0 Å². The number of amides is 1. The van der Waals surface area contributed by atoms with E-state index >= 15 is 0 Å². The summed E-state index contributed by atoms with van der Waals surface area (Å²) in [6, 6.07) is 12.9. The number of anilines is 2. The van der Waals surface area contributed by atoms with Gasteiger partial charge in [-0.15, -0.1) is 0 Å². The van der Waals surface area contributed by atoms with Crippen molar-refractivity contribution in [1.82, 2.24) is 4.90 Å². The SMILES string of the molecule is COc1ccccc1/C(C)=C/C(=O)Nc1ccc(N2CCC(N(C)C)CC2)c(F)c1. The Morgan fingerprint density at radius 3 is 2.53 bits per heavy atom. The molecule has 1 amide bonds. The summed E-state index contributed by atoms with van der Waals surface area (Å²) in [5.74, 6) is 0.0753. The maximum atomic E-state index is 14.7. The lowest BCUT2D eigenvalue weighted by Crippen LogP contribution is -2.42. The van der Waals surface area contributed by atoms with Crippen LogP contribution >= 0.6 is 0 Å². The zero-order valence-electron chi connectivity index (χ0n) is 18.1. The zero-order chi connectivity index (χ0) is 21.7. The first-order valence-electron chi connectivity index (χ1n) is 10.2. The molecule has 0 atom stereocenters. The van der Waals surface area contributed by atoms with Gasteiger partial charge in [0, 0.05) is 36.5 Å². The van der Waals surface area contributed by atoms with Crippen LogP contribution in [0.5, 0.6) is 5.75 Å². The molecule has 160 valence electrons. The molecule has 1 N–H and O–H groups in total. The maximum Gasteiger partial charge on any atom is 0.248 e. The summed E-state index contributed by atoms with van der Waals surface area (Å²) < 4.78 is 20.1. The molecule has 1 fully saturated rings. The van der Waals surface area contributed by atoms with Crippen LogP contribution in [0.25, 0.3) is 5.57 Å². The number of rotatable bonds is 6. The Bertz CT molecular complexity index is 918. The van der Waals surface area contributed by atoms with E-state index in [2.05, 4.69) is 29.2 Å². The van der Waals surface area contributed by atoms with Crippen LogP contribution in [0.15, 0.2) is 48.5 Å². The number of benzene rings is 2. The highest BCUT2D eigenvalue weighted by Gasteiger charge is 2.22. The van der Waals surface area contributed by atoms with E-state index in [0.717, 1.165) is 37.1 Å². The molecule has 6 heteroatoms. The van der Waals surface area contributed by atoms with Gasteiger partial charge in [0.05, 0.1) is 12.8 Å². The second kappa shape index (κ2) is 9.76. The van der Waals surface area contributed by atoms with Crippen molar-refractivity contribution < 1.29 is 13.9 Å². The van der Waals surface area contributed by atoms with Gasteiger partial charge in [-0.3, -0.25) is 4.79 Å². The molecule has 3 rings (SSSR count). The lowest BCUT2D eigenvalue weighted by Gasteiger charge is -2.36. The Kier molecular flexibility index (Phi) is 7.11. The molecule has 0 unspecified atom stereocenters. The smallest absolute Gasteiger partial charge is 0.248 e. The first kappa shape index (κ1) is 21.8. The number of nitrogens with zero attached hydrogens (tertiary/aromatic N) is 2. The Morgan fingerprint density at radius 2 is 1.90 bits per heavy atom. The highest BCUT2D eigenvalue weighted by atomic mass is 19.1. The third-order valence-corrected chi connectivity index (χ3v) is 5.63. The number of para-hydroxylation sites is 1. The summed E-state index contributed by atoms with van der Waals surface area (Å²) in [6.07, 6.45) is 3.52. The third-order valence-electron chi connectivity index (χ3n) is 5.63. The first-order chi connectivity index (χ1) is 14.4. The average molecular weight is 412 g/mol. The molecule has 2 aromatic carbocycles. The van der Waals surface area contributed by atoms with Crippen molar-refractivity contribution in [2.24, 2.45) is 0 Å². The van der Waals surface area contributed by atoms with Gasteiger partial charge in [-0.1, -0.05) is 18.2 Å². The van der Waals surface area contributed by atoms with Gasteiger partial charge in [0.25, 0.3) is 0 Å². The van der Waals surface area contributed by atoms with Gasteiger partial charge < -0.3 is 19.9 Å². The molecule has 1 aliphatic rings. The highest BCUT2D eigenvalue weighted by Crippen LogP contribution is 2.28. The molecule has 5 nitrogen and oxygen atoms in total. The summed E-state index contributed by atoms with van der Waals surface area (Å²) in [4.78, 5) is 16.7. The van der Waals surface area contributed by atoms with Crippen molar-refractivity contribution in [3.63, 3.8) is 0 Å². The molecule has 1 saturated heterocycles. The number of piperidine rings is 1. The Morgan fingerprint density at radius 1 is 1.20 bits per heavy atom. The number of ether oxygens (including phenoxy) is 1. The normalized spacial score (nSPS) is 15.4. The van der Waals surface area contributed by atoms with E-state index in [1.54, 1.807) is 19.2 Å². The van der Waals surface area contributed by atoms with Crippen molar-refractivity contribution in [1.29, 1.82) is 0 Å². The minimum absolute atomic E-state index is 0.308. The Labute approximate surface area is 178 Å². The number of halogens is 1. The summed E-state index contributed by atoms with van der Waals surface area (Å²) >= 11 is 0. The van der Waals surface area contributed by atoms with Crippen LogP contribution in [0.4, 0.5) is 15.8 Å². The molecule has 2 aromatic rings. The number of allylic oxidation sites excluding steroid dienone is 1. The second-order valence-electron chi connectivity index (χ2n) is 7.86. The van der Waals surface area contributed by atoms with Crippen LogP contribution in [0.3, 0.4) is 0 Å². The lowest BCUT2D eigenvalue weighted by atomic mass is 10.0. The van der Waals surface area contributed by atoms with Gasteiger partial charge in [-0.2, -0.15) is 0 Å². The zero-order valence-corrected chi connectivity index (χ0v) is 18.1. The molecular weight excluding hydrogens is 381 g/mol. The standard InChI is InChI=1S/C24H30FN3O2/c1-17(20-7-5-6-8-23(20)30-4)15-24(29)26-18-9-10-22(21(25)16-18)28-13-11-19(12-14-28)27(2)3/h5-10,15-16,19H,11-14H2,1-4H3,(H,26,29)/b17-15+. The van der Waals surface area contributed by atoms with Crippen molar-refractivity contribution in [2.45, 2.75) is 25.8 Å². The van der Waals surface area contributed by atoms with E-state index in [9.17, 15) is 9.18 Å². The number of carbonyl (C=O) groups is 1. The summed E-state index contributed by atoms with van der Waals surface area (Å²) in [5.41, 5.74) is 2.64. The van der Waals surface area contributed by atoms with Gasteiger partial charge in [0.2, 0.25) is 5.91 Å². The fourth-order valence-electron chi connectivity index (χ4n) is 3.89. The average Bonchev–Trinajstić information content (AvgIpc) is 2.73. The van der Waals surface area contributed by atoms with Crippen LogP contribution in [0, 0.1) is 5.82 Å². The number of nitrogens with one attached hydrogen (secondary N) is 1. The van der Waals surface area contributed by atoms with E-state index in [0.29, 0.717) is 23.2 Å². The van der Waals surface area contributed by atoms with Crippen molar-refractivity contribution in [2.75, 3.05) is 44.5 Å². The molecule has 30 heavy (non-hydrogen) atoms. The molecule has 0 bridgehead atoms. The molecule has 1 aliphatic heterocycles. The molecule has 0 spiro atoms. The highest BCUT2D eigenvalue weighted by molar-refractivity contribution is 6.04. The van der Waals surface area contributed by atoms with Gasteiger partial charge >= 0.3 is 0 Å². The molecule has 0 aliphatic carbocycles. The van der Waals surface area contributed by atoms with Crippen LogP contribution in [-0.4, -0.2) is 51.1 Å². The fraction of sp³-hybridized carbons (Fsp3) is 0.375. The minimum atomic E-state index is -0.318. The minimum Gasteiger partial charge on any atom is -0.496 e. The molecule has 0 aromatic heterocycles. The quantitative estimate of drug-likeness (QED) is 0.716. The topological polar surface area (TPSA) is 44.8 Å². The summed E-state index contributed by atoms with van der Waals surface area (Å²) in [5, 5.41) is 2.75. The molecular formula is C24H30FN3O2. The molecule has 1 heterocycles. The predicted octanol–water partition coefficient (Wildman–Crippen LogP) is 4.41. The van der Waals surface area contributed by atoms with E-state index < -0.39 is 0 Å². The van der Waals surface area contributed by atoms with Crippen LogP contribution in [-0.2, 0) is 4.79 Å². The van der Waals surface area contributed by atoms with E-state index in [4.69, 9.17) is 4.74 Å².